The normalized spacial score (nSPS) is 11.6. The molecule has 1 rings (SSSR count). The Labute approximate surface area is 116 Å². The van der Waals surface area contributed by atoms with Crippen LogP contribution in [-0.4, -0.2) is 22.1 Å². The van der Waals surface area contributed by atoms with E-state index < -0.39 is 10.0 Å². The van der Waals surface area contributed by atoms with E-state index in [9.17, 15) is 8.42 Å². The van der Waals surface area contributed by atoms with E-state index in [1.165, 1.54) is 0 Å². The molecule has 108 valence electrons. The first-order valence-electron chi connectivity index (χ1n) is 6.57. The number of hydrogen-bond acceptors (Lipinski definition) is 3. The zero-order chi connectivity index (χ0) is 14.5. The number of rotatable bonds is 7. The van der Waals surface area contributed by atoms with Crippen LogP contribution in [0, 0.1) is 13.8 Å². The van der Waals surface area contributed by atoms with Gasteiger partial charge in [0.15, 0.2) is 0 Å². The summed E-state index contributed by atoms with van der Waals surface area (Å²) < 4.78 is 32.4. The van der Waals surface area contributed by atoms with Crippen LogP contribution in [-0.2, 0) is 10.0 Å². The van der Waals surface area contributed by atoms with E-state index in [2.05, 4.69) is 11.6 Å². The lowest BCUT2D eigenvalue weighted by Crippen LogP contribution is -2.26. The van der Waals surface area contributed by atoms with Crippen LogP contribution in [0.15, 0.2) is 17.0 Å². The van der Waals surface area contributed by atoms with E-state index >= 15 is 0 Å². The predicted octanol–water partition coefficient (Wildman–Crippen LogP) is 2.78. The van der Waals surface area contributed by atoms with E-state index in [0.29, 0.717) is 28.3 Å². The zero-order valence-corrected chi connectivity index (χ0v) is 12.9. The highest BCUT2D eigenvalue weighted by Crippen LogP contribution is 2.25. The number of benzene rings is 1. The van der Waals surface area contributed by atoms with E-state index in [1.54, 1.807) is 33.1 Å². The van der Waals surface area contributed by atoms with Crippen LogP contribution in [0.4, 0.5) is 0 Å². The molecule has 0 saturated heterocycles. The van der Waals surface area contributed by atoms with Crippen molar-refractivity contribution in [2.45, 2.75) is 44.9 Å². The third-order valence-electron chi connectivity index (χ3n) is 3.01. The molecule has 4 nitrogen and oxygen atoms in total. The smallest absolute Gasteiger partial charge is 0.241 e. The largest absolute Gasteiger partial charge is 0.497 e. The van der Waals surface area contributed by atoms with E-state index in [0.717, 1.165) is 19.3 Å². The van der Waals surface area contributed by atoms with Crippen molar-refractivity contribution in [1.29, 1.82) is 0 Å². The maximum absolute atomic E-state index is 12.3. The van der Waals surface area contributed by atoms with Gasteiger partial charge in [0.2, 0.25) is 10.0 Å². The molecule has 0 bridgehead atoms. The summed E-state index contributed by atoms with van der Waals surface area (Å²) in [4.78, 5) is 0.366. The number of aryl methyl sites for hydroxylation is 2. The first kappa shape index (κ1) is 16.0. The Hall–Kier alpha value is -1.07. The van der Waals surface area contributed by atoms with Crippen molar-refractivity contribution >= 4 is 10.0 Å². The van der Waals surface area contributed by atoms with Gasteiger partial charge in [0.25, 0.3) is 0 Å². The van der Waals surface area contributed by atoms with Gasteiger partial charge >= 0.3 is 0 Å². The highest BCUT2D eigenvalue weighted by molar-refractivity contribution is 7.89. The second kappa shape index (κ2) is 6.91. The molecule has 0 amide bonds. The third-order valence-corrected chi connectivity index (χ3v) is 4.78. The first-order chi connectivity index (χ1) is 8.92. The third kappa shape index (κ3) is 4.21. The molecule has 1 aromatic rings. The number of sulfonamides is 1. The summed E-state index contributed by atoms with van der Waals surface area (Å²) >= 11 is 0. The molecule has 0 heterocycles. The zero-order valence-electron chi connectivity index (χ0n) is 12.1. The second-order valence-corrected chi connectivity index (χ2v) is 6.40. The van der Waals surface area contributed by atoms with Gasteiger partial charge in [-0.2, -0.15) is 0 Å². The summed E-state index contributed by atoms with van der Waals surface area (Å²) in [5, 5.41) is 0. The van der Waals surface area contributed by atoms with Crippen molar-refractivity contribution in [3.63, 3.8) is 0 Å². The minimum absolute atomic E-state index is 0.366. The van der Waals surface area contributed by atoms with Crippen LogP contribution in [0.2, 0.25) is 0 Å². The standard InChI is InChI=1S/C14H23NO3S/c1-5-6-7-8-15-19(16,17)14-11(2)9-13(18-4)10-12(14)3/h9-10,15H,5-8H2,1-4H3. The molecule has 0 aliphatic heterocycles. The lowest BCUT2D eigenvalue weighted by Gasteiger charge is -2.13. The Morgan fingerprint density at radius 2 is 1.74 bits per heavy atom. The average Bonchev–Trinajstić information content (AvgIpc) is 2.33. The topological polar surface area (TPSA) is 55.4 Å². The van der Waals surface area contributed by atoms with Crippen LogP contribution in [0.25, 0.3) is 0 Å². The van der Waals surface area contributed by atoms with Gasteiger partial charge in [-0.1, -0.05) is 19.8 Å². The number of hydrogen-bond donors (Lipinski definition) is 1. The van der Waals surface area contributed by atoms with Gasteiger partial charge in [-0.3, -0.25) is 0 Å². The highest BCUT2D eigenvalue weighted by Gasteiger charge is 2.19. The van der Waals surface area contributed by atoms with Crippen LogP contribution >= 0.6 is 0 Å². The van der Waals surface area contributed by atoms with Gasteiger partial charge in [0, 0.05) is 6.54 Å². The molecule has 1 aromatic carbocycles. The van der Waals surface area contributed by atoms with Gasteiger partial charge in [-0.05, 0) is 43.5 Å². The Morgan fingerprint density at radius 3 is 2.21 bits per heavy atom. The van der Waals surface area contributed by atoms with Gasteiger partial charge in [-0.25, -0.2) is 13.1 Å². The van der Waals surface area contributed by atoms with Crippen LogP contribution < -0.4 is 9.46 Å². The van der Waals surface area contributed by atoms with E-state index in [-0.39, 0.29) is 0 Å². The Balaban J connectivity index is 2.95. The lowest BCUT2D eigenvalue weighted by molar-refractivity contribution is 0.413. The van der Waals surface area contributed by atoms with Gasteiger partial charge in [0.05, 0.1) is 12.0 Å². The van der Waals surface area contributed by atoms with Crippen LogP contribution in [0.1, 0.15) is 37.3 Å². The minimum atomic E-state index is -3.43. The van der Waals surface area contributed by atoms with Crippen molar-refractivity contribution in [2.24, 2.45) is 0 Å². The van der Waals surface area contributed by atoms with E-state index in [1.807, 2.05) is 0 Å². The monoisotopic (exact) mass is 285 g/mol. The fourth-order valence-corrected chi connectivity index (χ4v) is 3.63. The molecule has 0 unspecified atom stereocenters. The summed E-state index contributed by atoms with van der Waals surface area (Å²) in [6.45, 7) is 6.15. The number of ether oxygens (including phenoxy) is 1. The molecular formula is C14H23NO3S. The van der Waals surface area contributed by atoms with E-state index in [4.69, 9.17) is 4.74 Å². The summed E-state index contributed by atoms with van der Waals surface area (Å²) in [6.07, 6.45) is 2.97. The molecule has 0 atom stereocenters. The molecule has 0 aliphatic carbocycles. The summed E-state index contributed by atoms with van der Waals surface area (Å²) in [7, 11) is -1.86. The van der Waals surface area contributed by atoms with Gasteiger partial charge in [0.1, 0.15) is 5.75 Å². The molecule has 0 saturated carbocycles. The molecule has 1 N–H and O–H groups in total. The molecule has 5 heteroatoms. The Kier molecular flexibility index (Phi) is 5.82. The molecule has 19 heavy (non-hydrogen) atoms. The van der Waals surface area contributed by atoms with Crippen molar-refractivity contribution in [3.8, 4) is 5.75 Å². The van der Waals surface area contributed by atoms with Crippen molar-refractivity contribution < 1.29 is 13.2 Å². The predicted molar refractivity (Wildman–Crippen MR) is 77.2 cm³/mol. The van der Waals surface area contributed by atoms with Crippen molar-refractivity contribution in [1.82, 2.24) is 4.72 Å². The van der Waals surface area contributed by atoms with Crippen molar-refractivity contribution in [2.75, 3.05) is 13.7 Å². The lowest BCUT2D eigenvalue weighted by atomic mass is 10.1. The second-order valence-electron chi connectivity index (χ2n) is 4.70. The maximum Gasteiger partial charge on any atom is 0.241 e. The molecule has 0 radical (unpaired) electrons. The number of unbranched alkanes of at least 4 members (excludes halogenated alkanes) is 2. The average molecular weight is 285 g/mol. The SMILES string of the molecule is CCCCCNS(=O)(=O)c1c(C)cc(OC)cc1C. The summed E-state index contributed by atoms with van der Waals surface area (Å²) in [6, 6.07) is 3.49. The maximum atomic E-state index is 12.3. The molecule has 0 aromatic heterocycles. The molecular weight excluding hydrogens is 262 g/mol. The highest BCUT2D eigenvalue weighted by atomic mass is 32.2. The van der Waals surface area contributed by atoms with Crippen molar-refractivity contribution in [3.05, 3.63) is 23.3 Å². The van der Waals surface area contributed by atoms with Gasteiger partial charge < -0.3 is 4.74 Å². The van der Waals surface area contributed by atoms with Gasteiger partial charge in [-0.15, -0.1) is 0 Å². The van der Waals surface area contributed by atoms with Crippen LogP contribution in [0.5, 0.6) is 5.75 Å². The fourth-order valence-electron chi connectivity index (χ4n) is 2.11. The quantitative estimate of drug-likeness (QED) is 0.784. The molecule has 0 aliphatic rings. The Bertz CT molecular complexity index is 500. The fraction of sp³-hybridized carbons (Fsp3) is 0.571. The molecule has 0 spiro atoms. The summed E-state index contributed by atoms with van der Waals surface area (Å²) in [5.41, 5.74) is 1.42. The minimum Gasteiger partial charge on any atom is -0.497 e. The number of methoxy groups -OCH3 is 1. The molecule has 0 fully saturated rings. The number of nitrogens with one attached hydrogen (secondary N) is 1. The first-order valence-corrected chi connectivity index (χ1v) is 8.05. The Morgan fingerprint density at radius 1 is 1.16 bits per heavy atom. The van der Waals surface area contributed by atoms with Crippen LogP contribution in [0.3, 0.4) is 0 Å². The summed E-state index contributed by atoms with van der Waals surface area (Å²) in [5.74, 6) is 0.680.